The summed E-state index contributed by atoms with van der Waals surface area (Å²) in [5, 5.41) is 18.6. The summed E-state index contributed by atoms with van der Waals surface area (Å²) in [7, 11) is 0. The molecule has 2 N–H and O–H groups in total. The van der Waals surface area contributed by atoms with E-state index in [1.807, 2.05) is 0 Å². The Morgan fingerprint density at radius 2 is 1.34 bits per heavy atom. The molecule has 1 aliphatic heterocycles. The number of benzene rings is 3. The molecule has 10 heteroatoms. The lowest BCUT2D eigenvalue weighted by molar-refractivity contribution is 0.0686. The second kappa shape index (κ2) is 7.34. The average molecular weight is 441 g/mol. The number of carbonyl (C=O) groups is 4. The van der Waals surface area contributed by atoms with Gasteiger partial charge in [-0.05, 0) is 42.0 Å². The number of carboxylic acid groups (broad SMARTS) is 2. The molecule has 3 aromatic carbocycles. The molecule has 0 bridgehead atoms. The van der Waals surface area contributed by atoms with Crippen molar-refractivity contribution in [3.8, 4) is 11.1 Å². The van der Waals surface area contributed by atoms with E-state index in [0.717, 1.165) is 36.4 Å². The summed E-state index contributed by atoms with van der Waals surface area (Å²) in [5.74, 6) is -8.69. The van der Waals surface area contributed by atoms with E-state index in [9.17, 15) is 37.5 Å². The molecule has 0 fully saturated rings. The van der Waals surface area contributed by atoms with Gasteiger partial charge in [-0.25, -0.2) is 27.7 Å². The van der Waals surface area contributed by atoms with Gasteiger partial charge in [-0.1, -0.05) is 6.07 Å². The van der Waals surface area contributed by atoms with Crippen LogP contribution >= 0.6 is 0 Å². The number of hydrogen-bond donors (Lipinski definition) is 2. The highest BCUT2D eigenvalue weighted by Crippen LogP contribution is 2.35. The van der Waals surface area contributed by atoms with Crippen molar-refractivity contribution in [2.45, 2.75) is 0 Å². The molecule has 3 aromatic rings. The van der Waals surface area contributed by atoms with Crippen molar-refractivity contribution < 1.29 is 42.6 Å². The van der Waals surface area contributed by atoms with E-state index in [1.165, 1.54) is 0 Å². The number of imide groups is 1. The first-order valence-corrected chi connectivity index (χ1v) is 8.88. The molecule has 7 nitrogen and oxygen atoms in total. The second-order valence-corrected chi connectivity index (χ2v) is 6.79. The third kappa shape index (κ3) is 3.18. The largest absolute Gasteiger partial charge is 0.478 e. The maximum absolute atomic E-state index is 14.2. The summed E-state index contributed by atoms with van der Waals surface area (Å²) in [5.41, 5.74) is -2.15. The predicted molar refractivity (Wildman–Crippen MR) is 103 cm³/mol. The lowest BCUT2D eigenvalue weighted by Crippen LogP contribution is -2.31. The Bertz CT molecular complexity index is 1370. The molecule has 0 atom stereocenters. The molecular weight excluding hydrogens is 431 g/mol. The Morgan fingerprint density at radius 1 is 0.688 bits per heavy atom. The van der Waals surface area contributed by atoms with Gasteiger partial charge in [0.05, 0.1) is 27.9 Å². The molecule has 32 heavy (non-hydrogen) atoms. The summed E-state index contributed by atoms with van der Waals surface area (Å²) in [6, 6.07) is 7.18. The lowest BCUT2D eigenvalue weighted by Gasteiger charge is -2.18. The zero-order chi connectivity index (χ0) is 23.3. The molecule has 0 aliphatic carbocycles. The maximum Gasteiger partial charge on any atom is 0.337 e. The number of carbonyl (C=O) groups excluding carboxylic acids is 2. The van der Waals surface area contributed by atoms with Crippen molar-refractivity contribution in [1.29, 1.82) is 0 Å². The minimum atomic E-state index is -1.51. The zero-order valence-electron chi connectivity index (χ0n) is 15.7. The monoisotopic (exact) mass is 441 g/mol. The fourth-order valence-electron chi connectivity index (χ4n) is 3.40. The SMILES string of the molecule is O=C(O)c1ccc2c(c1)C(=O)N(c1cc(-c3cc(F)c(F)cc3F)ccc1C(=O)O)C2=O. The number of amides is 2. The zero-order valence-corrected chi connectivity index (χ0v) is 15.7. The van der Waals surface area contributed by atoms with Gasteiger partial charge in [0.1, 0.15) is 5.82 Å². The van der Waals surface area contributed by atoms with Crippen LogP contribution in [0.1, 0.15) is 41.4 Å². The van der Waals surface area contributed by atoms with Crippen LogP contribution < -0.4 is 4.90 Å². The predicted octanol–water partition coefficient (Wildman–Crippen LogP) is 3.97. The fourth-order valence-corrected chi connectivity index (χ4v) is 3.40. The van der Waals surface area contributed by atoms with Gasteiger partial charge in [-0.15, -0.1) is 0 Å². The molecule has 0 radical (unpaired) electrons. The van der Waals surface area contributed by atoms with Gasteiger partial charge in [0.15, 0.2) is 11.6 Å². The maximum atomic E-state index is 14.2. The smallest absolute Gasteiger partial charge is 0.337 e. The summed E-state index contributed by atoms with van der Waals surface area (Å²) in [4.78, 5) is 49.2. The van der Waals surface area contributed by atoms with Crippen LogP contribution in [-0.4, -0.2) is 34.0 Å². The molecule has 2 amide bonds. The Hall–Kier alpha value is -4.47. The van der Waals surface area contributed by atoms with Crippen molar-refractivity contribution in [2.24, 2.45) is 0 Å². The van der Waals surface area contributed by atoms with E-state index in [4.69, 9.17) is 5.11 Å². The average Bonchev–Trinajstić information content (AvgIpc) is 2.99. The van der Waals surface area contributed by atoms with Gasteiger partial charge < -0.3 is 10.2 Å². The Morgan fingerprint density at radius 3 is 2.00 bits per heavy atom. The van der Waals surface area contributed by atoms with Gasteiger partial charge in [-0.3, -0.25) is 9.59 Å². The van der Waals surface area contributed by atoms with Gasteiger partial charge in [0.25, 0.3) is 11.8 Å². The van der Waals surface area contributed by atoms with E-state index < -0.39 is 58.0 Å². The molecule has 0 saturated carbocycles. The summed E-state index contributed by atoms with van der Waals surface area (Å²) >= 11 is 0. The fraction of sp³-hybridized carbons (Fsp3) is 0. The number of hydrogen-bond acceptors (Lipinski definition) is 4. The molecule has 160 valence electrons. The molecule has 1 aliphatic rings. The van der Waals surface area contributed by atoms with Crippen LogP contribution in [0, 0.1) is 17.5 Å². The minimum Gasteiger partial charge on any atom is -0.478 e. The Labute approximate surface area is 176 Å². The van der Waals surface area contributed by atoms with Gasteiger partial charge in [0, 0.05) is 11.6 Å². The summed E-state index contributed by atoms with van der Waals surface area (Å²) in [6.45, 7) is 0. The van der Waals surface area contributed by atoms with Crippen LogP contribution in [0.2, 0.25) is 0 Å². The first-order chi connectivity index (χ1) is 15.1. The lowest BCUT2D eigenvalue weighted by atomic mass is 10.0. The first kappa shape index (κ1) is 20.8. The molecule has 0 saturated heterocycles. The molecule has 4 rings (SSSR count). The number of fused-ring (bicyclic) bond motifs is 1. The number of anilines is 1. The van der Waals surface area contributed by atoms with E-state index in [-0.39, 0.29) is 22.3 Å². The van der Waals surface area contributed by atoms with E-state index in [2.05, 4.69) is 0 Å². The number of halogens is 3. The normalized spacial score (nSPS) is 12.8. The molecule has 1 heterocycles. The highest BCUT2D eigenvalue weighted by molar-refractivity contribution is 6.35. The topological polar surface area (TPSA) is 112 Å². The molecule has 0 aromatic heterocycles. The van der Waals surface area contributed by atoms with Crippen molar-refractivity contribution in [1.82, 2.24) is 0 Å². The van der Waals surface area contributed by atoms with Crippen LogP contribution in [-0.2, 0) is 0 Å². The number of aromatic carboxylic acids is 2. The van der Waals surface area contributed by atoms with Crippen LogP contribution in [0.4, 0.5) is 18.9 Å². The Balaban J connectivity index is 1.89. The first-order valence-electron chi connectivity index (χ1n) is 8.88. The van der Waals surface area contributed by atoms with Gasteiger partial charge in [0.2, 0.25) is 0 Å². The van der Waals surface area contributed by atoms with Crippen LogP contribution in [0.25, 0.3) is 11.1 Å². The van der Waals surface area contributed by atoms with E-state index in [1.54, 1.807) is 0 Å². The van der Waals surface area contributed by atoms with E-state index >= 15 is 0 Å². The third-order valence-electron chi connectivity index (χ3n) is 4.92. The molecule has 0 spiro atoms. The van der Waals surface area contributed by atoms with Crippen molar-refractivity contribution >= 4 is 29.4 Å². The number of carboxylic acids is 2. The number of nitrogens with zero attached hydrogens (tertiary/aromatic N) is 1. The van der Waals surface area contributed by atoms with Crippen LogP contribution in [0.5, 0.6) is 0 Å². The van der Waals surface area contributed by atoms with Crippen molar-refractivity contribution in [3.63, 3.8) is 0 Å². The highest BCUT2D eigenvalue weighted by Gasteiger charge is 2.39. The van der Waals surface area contributed by atoms with Crippen molar-refractivity contribution in [2.75, 3.05) is 4.90 Å². The van der Waals surface area contributed by atoms with Crippen LogP contribution in [0.3, 0.4) is 0 Å². The quantitative estimate of drug-likeness (QED) is 0.468. The van der Waals surface area contributed by atoms with E-state index in [0.29, 0.717) is 17.0 Å². The summed E-state index contributed by atoms with van der Waals surface area (Å²) < 4.78 is 41.2. The number of rotatable bonds is 4. The van der Waals surface area contributed by atoms with Gasteiger partial charge >= 0.3 is 11.9 Å². The standard InChI is InChI=1S/C22H10F3NO6/c23-15-8-17(25)16(24)7-13(15)9-1-4-12(22(31)32)18(6-9)26-19(27)11-3-2-10(21(29)30)5-14(11)20(26)28/h1-8H,(H,29,30)(H,31,32). The minimum absolute atomic E-state index is 0.121. The highest BCUT2D eigenvalue weighted by atomic mass is 19.2. The summed E-state index contributed by atoms with van der Waals surface area (Å²) in [6.07, 6.45) is 0. The molecule has 0 unspecified atom stereocenters. The molecular formula is C22H10F3NO6. The Kier molecular flexibility index (Phi) is 4.77. The van der Waals surface area contributed by atoms with Gasteiger partial charge in [-0.2, -0.15) is 0 Å². The van der Waals surface area contributed by atoms with Crippen LogP contribution in [0.15, 0.2) is 48.5 Å². The third-order valence-corrected chi connectivity index (χ3v) is 4.92. The van der Waals surface area contributed by atoms with Crippen molar-refractivity contribution in [3.05, 3.63) is 88.2 Å². The second-order valence-electron chi connectivity index (χ2n) is 6.79.